The maximum absolute atomic E-state index is 12.2. The van der Waals surface area contributed by atoms with Crippen molar-refractivity contribution < 1.29 is 19.8 Å². The van der Waals surface area contributed by atoms with Gasteiger partial charge in [-0.3, -0.25) is 0 Å². The van der Waals surface area contributed by atoms with E-state index in [2.05, 4.69) is 239 Å². The summed E-state index contributed by atoms with van der Waals surface area (Å²) in [6, 6.07) is 72.8. The number of carboxylic acids is 2. The molecule has 8 rings (SSSR count). The van der Waals surface area contributed by atoms with Gasteiger partial charge in [-0.2, -0.15) is 0 Å². The Morgan fingerprint density at radius 3 is 0.680 bits per heavy atom. The van der Waals surface area contributed by atoms with Gasteiger partial charge in [0.2, 0.25) is 0 Å². The summed E-state index contributed by atoms with van der Waals surface area (Å²) in [6.45, 7) is 24.0. The molecule has 0 fully saturated rings. The number of carbonyl (C=O) groups is 2. The van der Waals surface area contributed by atoms with Crippen LogP contribution in [-0.4, -0.2) is 62.4 Å². The predicted molar refractivity (Wildman–Crippen MR) is 320 cm³/mol. The average molecular weight is 1220 g/mol. The number of unbranched alkanes of at least 4 members (excludes halogenated alkanes) is 2. The summed E-state index contributed by atoms with van der Waals surface area (Å²) in [5.74, 6) is -2.02. The molecule has 0 bridgehead atoms. The molecule has 0 spiro atoms. The van der Waals surface area contributed by atoms with E-state index in [1.165, 1.54) is 72.6 Å². The topological polar surface area (TPSA) is 80.3 Å². The molecule has 0 aliphatic heterocycles. The van der Waals surface area contributed by atoms with E-state index in [4.69, 9.17) is 0 Å². The SMILES string of the molecule is Cc1cc[c]([Ge]([c]2ccc(C)cc2)([c]2ccc(C)cc2)[CH](CC(=O)[O-])c2ccccc2)cc1.Cc1cc[c]([Ge]([c]2ccc(C)cc2)([c]2ccc(C)cc2)[CH](CC(=O)[O-])c2ccccc2)cc1.[CH2]CCC.[CH2]CCC.[Sn+2]. The van der Waals surface area contributed by atoms with Crippen molar-refractivity contribution in [1.29, 1.82) is 0 Å². The number of carboxylic acid groups (broad SMARTS) is 2. The Balaban J connectivity index is 0.000000281. The Morgan fingerprint density at radius 1 is 0.360 bits per heavy atom. The summed E-state index contributed by atoms with van der Waals surface area (Å²) in [6.07, 6.45) is 4.53. The molecular formula is C68H76Ge2O4Sn. The van der Waals surface area contributed by atoms with E-state index in [-0.39, 0.29) is 46.3 Å². The van der Waals surface area contributed by atoms with Crippen molar-refractivity contribution in [3.63, 3.8) is 0 Å². The third-order valence-corrected chi connectivity index (χ3v) is 36.2. The van der Waals surface area contributed by atoms with Gasteiger partial charge in [-0.15, -0.1) is 0 Å². The summed E-state index contributed by atoms with van der Waals surface area (Å²) < 4.78 is 7.17. The van der Waals surface area contributed by atoms with Crippen LogP contribution in [-0.2, 0) is 9.59 Å². The minimum atomic E-state index is -3.59. The van der Waals surface area contributed by atoms with E-state index in [0.29, 0.717) is 0 Å². The monoisotopic (exact) mass is 1220 g/mol. The predicted octanol–water partition coefficient (Wildman–Crippen LogP) is 9.95. The Labute approximate surface area is 472 Å². The van der Waals surface area contributed by atoms with E-state index in [1.54, 1.807) is 0 Å². The van der Waals surface area contributed by atoms with Crippen LogP contribution in [0, 0.1) is 55.4 Å². The maximum atomic E-state index is 12.2. The van der Waals surface area contributed by atoms with Crippen LogP contribution in [0.2, 0.25) is 0 Å². The van der Waals surface area contributed by atoms with Crippen LogP contribution >= 0.6 is 0 Å². The van der Waals surface area contributed by atoms with E-state index >= 15 is 0 Å². The van der Waals surface area contributed by atoms with Gasteiger partial charge in [0.05, 0.1) is 0 Å². The average Bonchev–Trinajstić information content (AvgIpc) is 3.42. The van der Waals surface area contributed by atoms with Crippen LogP contribution in [0.1, 0.15) is 106 Å². The van der Waals surface area contributed by atoms with Crippen molar-refractivity contribution in [3.8, 4) is 0 Å². The fourth-order valence-corrected chi connectivity index (χ4v) is 32.7. The number of aliphatic carboxylic acids is 2. The third-order valence-electron chi connectivity index (χ3n) is 13.9. The van der Waals surface area contributed by atoms with Gasteiger partial charge in [-0.05, 0) is 0 Å². The quantitative estimate of drug-likeness (QED) is 0.0904. The first kappa shape index (κ1) is 62.1. The smallest absolute Gasteiger partial charge is 0.0654 e. The zero-order valence-corrected chi connectivity index (χ0v) is 52.6. The molecule has 2 unspecified atom stereocenters. The first-order chi connectivity index (χ1) is 35.6. The van der Waals surface area contributed by atoms with Crippen molar-refractivity contribution in [2.75, 3.05) is 0 Å². The number of benzene rings is 8. The van der Waals surface area contributed by atoms with Crippen molar-refractivity contribution in [2.24, 2.45) is 0 Å². The summed E-state index contributed by atoms with van der Waals surface area (Å²) in [5.41, 5.74) is 9.28. The number of rotatable bonds is 16. The fourth-order valence-electron chi connectivity index (χ4n) is 9.85. The summed E-state index contributed by atoms with van der Waals surface area (Å²) in [5, 5.41) is 24.4. The van der Waals surface area contributed by atoms with Crippen LogP contribution in [0.25, 0.3) is 0 Å². The second-order valence-corrected chi connectivity index (χ2v) is 36.6. The first-order valence-corrected chi connectivity index (χ1v) is 34.9. The molecule has 2 atom stereocenters. The Hall–Kier alpha value is -5.42. The minimum absolute atomic E-state index is 0. The first-order valence-electron chi connectivity index (χ1n) is 26.2. The molecular weight excluding hydrogens is 1140 g/mol. The van der Waals surface area contributed by atoms with Gasteiger partial charge in [0.15, 0.2) is 0 Å². The second-order valence-electron chi connectivity index (χ2n) is 19.6. The minimum Gasteiger partial charge on any atom is -0.0654 e. The Morgan fingerprint density at radius 2 is 0.533 bits per heavy atom. The number of aryl methyl sites for hydroxylation is 6. The summed E-state index contributed by atoms with van der Waals surface area (Å²) in [7, 11) is 0. The van der Waals surface area contributed by atoms with Gasteiger partial charge in [0, 0.05) is 0 Å². The van der Waals surface area contributed by atoms with Crippen molar-refractivity contribution in [2.45, 2.75) is 103 Å². The third kappa shape index (κ3) is 16.3. The molecule has 0 aliphatic rings. The zero-order chi connectivity index (χ0) is 53.7. The molecule has 0 N–H and O–H groups in total. The molecule has 4 nitrogen and oxygen atoms in total. The Kier molecular flexibility index (Phi) is 25.6. The van der Waals surface area contributed by atoms with E-state index in [0.717, 1.165) is 24.0 Å². The molecule has 8 aromatic carbocycles. The molecule has 75 heavy (non-hydrogen) atoms. The van der Waals surface area contributed by atoms with E-state index in [9.17, 15) is 19.8 Å². The second kappa shape index (κ2) is 31.0. The number of hydrogen-bond acceptors (Lipinski definition) is 4. The molecule has 4 radical (unpaired) electrons. The van der Waals surface area contributed by atoms with Gasteiger partial charge in [-0.25, -0.2) is 0 Å². The van der Waals surface area contributed by atoms with Crippen LogP contribution in [0.15, 0.2) is 206 Å². The van der Waals surface area contributed by atoms with E-state index < -0.39 is 38.5 Å². The molecule has 0 aromatic heterocycles. The number of hydrogen-bond donors (Lipinski definition) is 0. The van der Waals surface area contributed by atoms with Crippen LogP contribution < -0.4 is 36.6 Å². The molecule has 0 aliphatic carbocycles. The molecule has 0 amide bonds. The van der Waals surface area contributed by atoms with Crippen LogP contribution in [0.3, 0.4) is 0 Å². The van der Waals surface area contributed by atoms with Gasteiger partial charge in [0.25, 0.3) is 0 Å². The summed E-state index contributed by atoms with van der Waals surface area (Å²) >= 11 is -7.19. The standard InChI is InChI=1S/2C30H30GeO2.2C4H9.Sn/c2*1-22-9-15-26(16-10-22)31(27-17-11-23(2)12-18-27,28-19-13-24(3)14-20-28)29(21-30(32)33)25-7-5-4-6-8-25;2*1-3-4-2;/h2*4-20,29H,21H2,1-3H3,(H,32,33);2*1,3-4H2,2H3;/q;;;;+2/p-2. The Bertz CT molecular complexity index is 2470. The maximum Gasteiger partial charge on any atom is 2.00 e. The fraction of sp³-hybridized carbons (Fsp3) is 0.235. The molecule has 0 saturated carbocycles. The normalized spacial score (nSPS) is 11.7. The van der Waals surface area contributed by atoms with Gasteiger partial charge >= 0.3 is 423 Å². The van der Waals surface area contributed by atoms with Gasteiger partial charge < -0.3 is 0 Å². The molecule has 7 heteroatoms. The van der Waals surface area contributed by atoms with Gasteiger partial charge in [-0.1, -0.05) is 53.4 Å². The van der Waals surface area contributed by atoms with Crippen molar-refractivity contribution in [1.82, 2.24) is 0 Å². The molecule has 0 saturated heterocycles. The van der Waals surface area contributed by atoms with Gasteiger partial charge in [0.1, 0.15) is 0 Å². The summed E-state index contributed by atoms with van der Waals surface area (Å²) in [4.78, 5) is 24.4. The van der Waals surface area contributed by atoms with Crippen molar-refractivity contribution >= 4 is 88.8 Å². The molecule has 384 valence electrons. The zero-order valence-electron chi connectivity index (χ0n) is 45.6. The largest absolute Gasteiger partial charge is 2.00 e. The van der Waals surface area contributed by atoms with E-state index in [1.807, 2.05) is 36.4 Å². The van der Waals surface area contributed by atoms with Crippen LogP contribution in [0.5, 0.6) is 0 Å². The van der Waals surface area contributed by atoms with Crippen molar-refractivity contribution in [3.05, 3.63) is 265 Å². The molecule has 0 heterocycles. The molecule has 8 aromatic rings. The van der Waals surface area contributed by atoms with Crippen LogP contribution in [0.4, 0.5) is 0 Å². The number of carbonyl (C=O) groups excluding carboxylic acids is 2.